The van der Waals surface area contributed by atoms with Crippen LogP contribution >= 0.6 is 0 Å². The van der Waals surface area contributed by atoms with Crippen molar-refractivity contribution in [3.05, 3.63) is 90.2 Å². The first-order valence-corrected chi connectivity index (χ1v) is 13.9. The third kappa shape index (κ3) is 7.00. The highest BCUT2D eigenvalue weighted by molar-refractivity contribution is 7.92. The second kappa shape index (κ2) is 11.5. The molecule has 2 heterocycles. The van der Waals surface area contributed by atoms with Gasteiger partial charge in [-0.15, -0.1) is 0 Å². The van der Waals surface area contributed by atoms with E-state index in [4.69, 9.17) is 11.3 Å². The van der Waals surface area contributed by atoms with Crippen molar-refractivity contribution in [2.75, 3.05) is 16.4 Å². The van der Waals surface area contributed by atoms with Gasteiger partial charge in [0.15, 0.2) is 12.4 Å². The number of carbonyl (C=O) groups is 1. The largest absolute Gasteiger partial charge is 0.443 e. The number of hydrogen-bond donors (Lipinski definition) is 1. The molecule has 0 aliphatic heterocycles. The van der Waals surface area contributed by atoms with Gasteiger partial charge in [-0.2, -0.15) is 5.10 Å². The maximum absolute atomic E-state index is 13.6. The molecule has 0 bridgehead atoms. The number of anilines is 3. The Morgan fingerprint density at radius 2 is 1.90 bits per heavy atom. The first-order chi connectivity index (χ1) is 18.9. The van der Waals surface area contributed by atoms with Crippen LogP contribution in [0.2, 0.25) is 0 Å². The van der Waals surface area contributed by atoms with E-state index in [1.807, 2.05) is 7.05 Å². The molecule has 0 fully saturated rings. The Morgan fingerprint density at radius 3 is 2.55 bits per heavy atom. The molecule has 2 aromatic heterocycles. The van der Waals surface area contributed by atoms with Crippen molar-refractivity contribution in [3.63, 3.8) is 0 Å². The molecule has 12 heteroatoms. The van der Waals surface area contributed by atoms with Gasteiger partial charge in [-0.3, -0.25) is 9.48 Å². The fourth-order valence-corrected chi connectivity index (χ4v) is 5.06. The molecule has 0 saturated heterocycles. The zero-order valence-electron chi connectivity index (χ0n) is 22.6. The van der Waals surface area contributed by atoms with Crippen LogP contribution < -0.4 is 9.62 Å². The van der Waals surface area contributed by atoms with E-state index in [9.17, 15) is 13.2 Å². The summed E-state index contributed by atoms with van der Waals surface area (Å²) in [5.41, 5.74) is 2.39. The molecule has 0 saturated carbocycles. The number of hydrogen-bond acceptors (Lipinski definition) is 8. The predicted octanol–water partition coefficient (Wildman–Crippen LogP) is 5.05. The van der Waals surface area contributed by atoms with Crippen LogP contribution in [-0.2, 0) is 32.4 Å². The number of benzene rings is 2. The molecule has 206 valence electrons. The number of esters is 1. The van der Waals surface area contributed by atoms with Crippen molar-refractivity contribution in [2.24, 2.45) is 12.5 Å². The summed E-state index contributed by atoms with van der Waals surface area (Å²) in [7, 11) is -2.19. The number of nitrogens with one attached hydrogen (secondary N) is 1. The minimum absolute atomic E-state index is 0.314. The van der Waals surface area contributed by atoms with Gasteiger partial charge in [0.05, 0.1) is 41.0 Å². The molecule has 0 atom stereocenters. The number of aryl methyl sites for hydroxylation is 1. The Kier molecular flexibility index (Phi) is 8.16. The van der Waals surface area contributed by atoms with Gasteiger partial charge in [-0.1, -0.05) is 36.4 Å². The highest BCUT2D eigenvalue weighted by atomic mass is 32.2. The fourth-order valence-electron chi connectivity index (χ4n) is 3.65. The molecule has 0 unspecified atom stereocenters. The van der Waals surface area contributed by atoms with Gasteiger partial charge in [0.1, 0.15) is 0 Å². The second-order valence-corrected chi connectivity index (χ2v) is 11.9. The van der Waals surface area contributed by atoms with E-state index in [-0.39, 0.29) is 5.75 Å². The number of carbonyl (C=O) groups excluding carboxylic acids is 1. The average molecular weight is 560 g/mol. The highest BCUT2D eigenvalue weighted by Gasteiger charge is 2.28. The molecule has 4 aromatic rings. The van der Waals surface area contributed by atoms with E-state index in [2.05, 4.69) is 25.2 Å². The van der Waals surface area contributed by atoms with Gasteiger partial charge in [0.2, 0.25) is 16.0 Å². The molecule has 0 radical (unpaired) electrons. The van der Waals surface area contributed by atoms with Gasteiger partial charge in [0, 0.05) is 25.0 Å². The smallest absolute Gasteiger partial charge is 0.312 e. The van der Waals surface area contributed by atoms with Crippen LogP contribution in [0.15, 0.2) is 73.2 Å². The van der Waals surface area contributed by atoms with Crippen LogP contribution in [0.25, 0.3) is 16.1 Å². The number of nitrogens with zero attached hydrogens (tertiary/aromatic N) is 6. The summed E-state index contributed by atoms with van der Waals surface area (Å²) in [6.45, 7) is 11.8. The van der Waals surface area contributed by atoms with Crippen molar-refractivity contribution in [1.29, 1.82) is 0 Å². The monoisotopic (exact) mass is 559 g/mol. The molecule has 4 rings (SSSR count). The van der Waals surface area contributed by atoms with E-state index in [0.29, 0.717) is 28.6 Å². The molecule has 0 amide bonds. The Hall–Kier alpha value is -4.76. The quantitative estimate of drug-likeness (QED) is 0.172. The minimum atomic E-state index is -4.00. The van der Waals surface area contributed by atoms with Crippen LogP contribution in [0.5, 0.6) is 0 Å². The third-order valence-electron chi connectivity index (χ3n) is 5.72. The van der Waals surface area contributed by atoms with Gasteiger partial charge in [-0.25, -0.2) is 27.5 Å². The van der Waals surface area contributed by atoms with Gasteiger partial charge < -0.3 is 10.1 Å². The topological polar surface area (TPSA) is 124 Å². The summed E-state index contributed by atoms with van der Waals surface area (Å²) in [4.78, 5) is 24.6. The summed E-state index contributed by atoms with van der Waals surface area (Å²) in [5, 5.41) is 7.21. The summed E-state index contributed by atoms with van der Waals surface area (Å²) >= 11 is 0. The molecule has 40 heavy (non-hydrogen) atoms. The lowest BCUT2D eigenvalue weighted by Gasteiger charge is -2.26. The van der Waals surface area contributed by atoms with E-state index < -0.39 is 28.1 Å². The first-order valence-electron chi connectivity index (χ1n) is 12.3. The number of aromatic nitrogens is 4. The van der Waals surface area contributed by atoms with Crippen LogP contribution in [0, 0.1) is 12.0 Å². The van der Waals surface area contributed by atoms with Crippen molar-refractivity contribution in [2.45, 2.75) is 26.5 Å². The molecule has 2 aromatic carbocycles. The molecule has 11 nitrogen and oxygen atoms in total. The lowest BCUT2D eigenvalue weighted by molar-refractivity contribution is -0.152. The molecule has 0 aliphatic carbocycles. The van der Waals surface area contributed by atoms with Crippen molar-refractivity contribution >= 4 is 39.0 Å². The first kappa shape index (κ1) is 28.3. The summed E-state index contributed by atoms with van der Waals surface area (Å²) < 4.78 is 35.2. The highest BCUT2D eigenvalue weighted by Crippen LogP contribution is 2.27. The molecule has 0 spiro atoms. The standard InChI is InChI=1S/C28H29N7O4S/c1-28(2,3)26(36)39-19-35(40(37,38)18-20-7-6-8-22(15-20)29-4)24-11-9-21(10-12-24)25-13-14-30-27(33-25)32-23-16-31-34(5)17-23/h6-17H,18-19H2,1-3,5H3,(H,30,32,33). The predicted molar refractivity (Wildman–Crippen MR) is 152 cm³/mol. The van der Waals surface area contributed by atoms with Crippen LogP contribution in [0.1, 0.15) is 26.3 Å². The van der Waals surface area contributed by atoms with Crippen molar-refractivity contribution in [3.8, 4) is 11.3 Å². The number of ether oxygens (including phenoxy) is 1. The SMILES string of the molecule is [C-]#[N+]c1cccc(CS(=O)(=O)N(COC(=O)C(C)(C)C)c2ccc(-c3ccnc(Nc4cnn(C)c4)n3)cc2)c1. The van der Waals surface area contributed by atoms with Crippen LogP contribution in [-0.4, -0.2) is 40.9 Å². The van der Waals surface area contributed by atoms with E-state index in [1.54, 1.807) is 92.6 Å². The van der Waals surface area contributed by atoms with E-state index in [0.717, 1.165) is 15.6 Å². The number of rotatable bonds is 9. The summed E-state index contributed by atoms with van der Waals surface area (Å²) in [5.74, 6) is -0.524. The lowest BCUT2D eigenvalue weighted by Crippen LogP contribution is -2.37. The Labute approximate surface area is 233 Å². The minimum Gasteiger partial charge on any atom is -0.443 e. The maximum Gasteiger partial charge on any atom is 0.312 e. The van der Waals surface area contributed by atoms with Crippen molar-refractivity contribution < 1.29 is 17.9 Å². The molecule has 1 N–H and O–H groups in total. The molecule has 0 aliphatic rings. The van der Waals surface area contributed by atoms with E-state index >= 15 is 0 Å². The second-order valence-electron chi connectivity index (χ2n) is 10.0. The fraction of sp³-hybridized carbons (Fsp3) is 0.250. The maximum atomic E-state index is 13.6. The Balaban J connectivity index is 1.61. The lowest BCUT2D eigenvalue weighted by atomic mass is 9.98. The zero-order valence-corrected chi connectivity index (χ0v) is 23.4. The molecular formula is C28H29N7O4S. The van der Waals surface area contributed by atoms with Crippen molar-refractivity contribution in [1.82, 2.24) is 19.7 Å². The van der Waals surface area contributed by atoms with Gasteiger partial charge in [-0.05, 0) is 44.5 Å². The van der Waals surface area contributed by atoms with Gasteiger partial charge >= 0.3 is 5.97 Å². The normalized spacial score (nSPS) is 11.5. The summed E-state index contributed by atoms with van der Waals surface area (Å²) in [6.07, 6.45) is 5.07. The third-order valence-corrected chi connectivity index (χ3v) is 7.40. The van der Waals surface area contributed by atoms with E-state index in [1.165, 1.54) is 6.07 Å². The summed E-state index contributed by atoms with van der Waals surface area (Å²) in [6, 6.07) is 14.9. The zero-order chi connectivity index (χ0) is 28.9. The number of sulfonamides is 1. The van der Waals surface area contributed by atoms with Gasteiger partial charge in [0.25, 0.3) is 0 Å². The average Bonchev–Trinajstić information content (AvgIpc) is 3.32. The van der Waals surface area contributed by atoms with Crippen LogP contribution in [0.4, 0.5) is 23.0 Å². The Morgan fingerprint density at radius 1 is 1.15 bits per heavy atom. The van der Waals surface area contributed by atoms with Crippen LogP contribution in [0.3, 0.4) is 0 Å². The molecular weight excluding hydrogens is 530 g/mol. The Bertz CT molecular complexity index is 1650.